The minimum Gasteiger partial charge on any atom is -0.245 e. The quantitative estimate of drug-likeness (QED) is 0.435. The van der Waals surface area contributed by atoms with Gasteiger partial charge in [0.2, 0.25) is 0 Å². The van der Waals surface area contributed by atoms with Crippen molar-refractivity contribution in [2.24, 2.45) is 0 Å². The Morgan fingerprint density at radius 1 is 0.500 bits per heavy atom. The third kappa shape index (κ3) is 2.81. The first-order chi connectivity index (χ1) is 9.93. The van der Waals surface area contributed by atoms with E-state index in [9.17, 15) is 0 Å². The fourth-order valence-electron chi connectivity index (χ4n) is 2.14. The summed E-state index contributed by atoms with van der Waals surface area (Å²) in [4.78, 5) is 7.35. The van der Waals surface area contributed by atoms with Crippen LogP contribution < -0.4 is 0 Å². The van der Waals surface area contributed by atoms with Gasteiger partial charge in [0.05, 0.1) is 0 Å². The van der Waals surface area contributed by atoms with Crippen molar-refractivity contribution in [1.82, 2.24) is 9.97 Å². The molecule has 2 nitrogen and oxygen atoms in total. The number of fused-ring (bicyclic) bond motifs is 2. The van der Waals surface area contributed by atoms with E-state index in [2.05, 4.69) is 70.6 Å². The largest absolute Gasteiger partial charge is 0.245 e. The summed E-state index contributed by atoms with van der Waals surface area (Å²) < 4.78 is 0. The van der Waals surface area contributed by atoms with Crippen molar-refractivity contribution in [3.05, 3.63) is 85.5 Å². The summed E-state index contributed by atoms with van der Waals surface area (Å²) in [6, 6.07) is 23.2. The third-order valence-corrected chi connectivity index (χ3v) is 3.09. The summed E-state index contributed by atoms with van der Waals surface area (Å²) in [5.41, 5.74) is 0. The van der Waals surface area contributed by atoms with Crippen LogP contribution in [0.25, 0.3) is 21.5 Å². The lowest BCUT2D eigenvalue weighted by Crippen LogP contribution is -1.74. The molecule has 0 aliphatic carbocycles. The zero-order chi connectivity index (χ0) is 13.6. The molecule has 0 atom stereocenters. The predicted octanol–water partition coefficient (Wildman–Crippen LogP) is 4.47. The molecule has 1 aromatic heterocycles. The molecular weight excluding hydrogens is 244 g/mol. The molecule has 1 heterocycles. The van der Waals surface area contributed by atoms with E-state index in [1.54, 1.807) is 18.5 Å². The van der Waals surface area contributed by atoms with Crippen molar-refractivity contribution in [3.63, 3.8) is 0 Å². The number of hydrogen-bond donors (Lipinski definition) is 0. The van der Waals surface area contributed by atoms with E-state index in [4.69, 9.17) is 0 Å². The number of nitrogens with zero attached hydrogens (tertiary/aromatic N) is 2. The molecule has 0 radical (unpaired) electrons. The lowest BCUT2D eigenvalue weighted by atomic mass is 10.0. The standard InChI is InChI=1S/C14H10.C4H4N2/c1-2-6-12-10-14-8-4-3-7-13(14)9-11(12)5-1;1-2-5-4-6-3-1/h1-10H;1-4H. The third-order valence-electron chi connectivity index (χ3n) is 3.09. The molecule has 0 fully saturated rings. The predicted molar refractivity (Wildman–Crippen MR) is 83.5 cm³/mol. The van der Waals surface area contributed by atoms with Crippen molar-refractivity contribution in [2.45, 2.75) is 0 Å². The maximum absolute atomic E-state index is 3.67. The summed E-state index contributed by atoms with van der Waals surface area (Å²) >= 11 is 0. The van der Waals surface area contributed by atoms with Crippen LogP contribution in [-0.2, 0) is 0 Å². The van der Waals surface area contributed by atoms with E-state index in [1.165, 1.54) is 27.9 Å². The molecule has 0 aliphatic rings. The van der Waals surface area contributed by atoms with Crippen LogP contribution in [0.15, 0.2) is 85.5 Å². The smallest absolute Gasteiger partial charge is 0.115 e. The van der Waals surface area contributed by atoms with Gasteiger partial charge in [0.15, 0.2) is 0 Å². The Labute approximate surface area is 117 Å². The zero-order valence-electron chi connectivity index (χ0n) is 11.0. The second kappa shape index (κ2) is 5.93. The summed E-state index contributed by atoms with van der Waals surface area (Å²) in [6.07, 6.45) is 4.88. The molecule has 4 rings (SSSR count). The van der Waals surface area contributed by atoms with Crippen LogP contribution >= 0.6 is 0 Å². The van der Waals surface area contributed by atoms with Crippen molar-refractivity contribution >= 4 is 21.5 Å². The van der Waals surface area contributed by atoms with Gasteiger partial charge in [-0.3, -0.25) is 0 Å². The highest BCUT2D eigenvalue weighted by Gasteiger charge is 1.95. The minimum absolute atomic E-state index is 1.31. The van der Waals surface area contributed by atoms with Crippen molar-refractivity contribution < 1.29 is 0 Å². The molecule has 0 N–H and O–H groups in total. The molecule has 0 saturated carbocycles. The van der Waals surface area contributed by atoms with E-state index in [-0.39, 0.29) is 0 Å². The molecule has 0 saturated heterocycles. The normalized spacial score (nSPS) is 10.0. The van der Waals surface area contributed by atoms with Gasteiger partial charge in [0.1, 0.15) is 6.33 Å². The van der Waals surface area contributed by atoms with Gasteiger partial charge in [-0.05, 0) is 39.7 Å². The Bertz CT molecular complexity index is 679. The molecule has 0 amide bonds. The summed E-state index contributed by atoms with van der Waals surface area (Å²) in [5, 5.41) is 5.25. The van der Waals surface area contributed by atoms with Crippen molar-refractivity contribution in [3.8, 4) is 0 Å². The highest BCUT2D eigenvalue weighted by atomic mass is 14.8. The maximum Gasteiger partial charge on any atom is 0.115 e. The van der Waals surface area contributed by atoms with Crippen LogP contribution in [0.5, 0.6) is 0 Å². The van der Waals surface area contributed by atoms with Crippen LogP contribution in [0.2, 0.25) is 0 Å². The fourth-order valence-corrected chi connectivity index (χ4v) is 2.14. The van der Waals surface area contributed by atoms with Gasteiger partial charge in [-0.15, -0.1) is 0 Å². The molecule has 96 valence electrons. The van der Waals surface area contributed by atoms with Gasteiger partial charge >= 0.3 is 0 Å². The van der Waals surface area contributed by atoms with Crippen LogP contribution in [-0.4, -0.2) is 9.97 Å². The highest BCUT2D eigenvalue weighted by Crippen LogP contribution is 2.21. The van der Waals surface area contributed by atoms with E-state index in [1.807, 2.05) is 0 Å². The maximum atomic E-state index is 3.67. The Balaban J connectivity index is 0.000000170. The number of benzene rings is 3. The second-order valence-corrected chi connectivity index (χ2v) is 4.45. The lowest BCUT2D eigenvalue weighted by Gasteiger charge is -2.00. The first-order valence-electron chi connectivity index (χ1n) is 6.51. The van der Waals surface area contributed by atoms with Gasteiger partial charge in [-0.1, -0.05) is 48.5 Å². The lowest BCUT2D eigenvalue weighted by molar-refractivity contribution is 1.17. The Hall–Kier alpha value is -2.74. The number of rotatable bonds is 0. The first-order valence-corrected chi connectivity index (χ1v) is 6.51. The molecule has 2 heteroatoms. The summed E-state index contributed by atoms with van der Waals surface area (Å²) in [6.45, 7) is 0. The van der Waals surface area contributed by atoms with Crippen LogP contribution in [0.3, 0.4) is 0 Å². The highest BCUT2D eigenvalue weighted by molar-refractivity contribution is 5.98. The van der Waals surface area contributed by atoms with Gasteiger partial charge in [-0.25, -0.2) is 9.97 Å². The molecule has 0 aliphatic heterocycles. The first kappa shape index (κ1) is 12.3. The molecule has 3 aromatic carbocycles. The SMILES string of the molecule is c1ccc2cc3ccccc3cc2c1.c1cncnc1. The number of hydrogen-bond acceptors (Lipinski definition) is 2. The Morgan fingerprint density at radius 2 is 0.900 bits per heavy atom. The molecule has 0 bridgehead atoms. The molecule has 0 spiro atoms. The minimum atomic E-state index is 1.31. The fraction of sp³-hybridized carbons (Fsp3) is 0. The monoisotopic (exact) mass is 258 g/mol. The molecular formula is C18H14N2. The average Bonchev–Trinajstić information content (AvgIpc) is 2.55. The number of aromatic nitrogens is 2. The topological polar surface area (TPSA) is 25.8 Å². The van der Waals surface area contributed by atoms with Gasteiger partial charge in [0, 0.05) is 12.4 Å². The average molecular weight is 258 g/mol. The van der Waals surface area contributed by atoms with E-state index in [0.29, 0.717) is 0 Å². The van der Waals surface area contributed by atoms with Crippen LogP contribution in [0, 0.1) is 0 Å². The van der Waals surface area contributed by atoms with E-state index >= 15 is 0 Å². The van der Waals surface area contributed by atoms with Crippen molar-refractivity contribution in [2.75, 3.05) is 0 Å². The zero-order valence-corrected chi connectivity index (χ0v) is 11.0. The molecule has 4 aromatic rings. The van der Waals surface area contributed by atoms with Gasteiger partial charge in [-0.2, -0.15) is 0 Å². The van der Waals surface area contributed by atoms with E-state index < -0.39 is 0 Å². The second-order valence-electron chi connectivity index (χ2n) is 4.45. The Morgan fingerprint density at radius 3 is 1.15 bits per heavy atom. The summed E-state index contributed by atoms with van der Waals surface area (Å²) in [7, 11) is 0. The van der Waals surface area contributed by atoms with Gasteiger partial charge in [0.25, 0.3) is 0 Å². The summed E-state index contributed by atoms with van der Waals surface area (Å²) in [5.74, 6) is 0. The molecule has 20 heavy (non-hydrogen) atoms. The van der Waals surface area contributed by atoms with Crippen LogP contribution in [0.1, 0.15) is 0 Å². The molecule has 0 unspecified atom stereocenters. The Kier molecular flexibility index (Phi) is 3.65. The van der Waals surface area contributed by atoms with Gasteiger partial charge < -0.3 is 0 Å². The van der Waals surface area contributed by atoms with Crippen LogP contribution in [0.4, 0.5) is 0 Å². The van der Waals surface area contributed by atoms with Crippen molar-refractivity contribution in [1.29, 1.82) is 0 Å². The van der Waals surface area contributed by atoms with E-state index in [0.717, 1.165) is 0 Å².